The number of aromatic nitrogens is 4. The van der Waals surface area contributed by atoms with Gasteiger partial charge in [-0.05, 0) is 12.1 Å². The number of thiazole rings is 1. The predicted octanol–water partition coefficient (Wildman–Crippen LogP) is 0.972. The van der Waals surface area contributed by atoms with Gasteiger partial charge in [0.1, 0.15) is 10.7 Å². The molecule has 0 amide bonds. The molecule has 0 saturated carbocycles. The first-order valence-corrected chi connectivity index (χ1v) is 6.16. The fraction of sp³-hybridized carbons (Fsp3) is 0. The van der Waals surface area contributed by atoms with E-state index < -0.39 is 0 Å². The minimum absolute atomic E-state index is 0. The van der Waals surface area contributed by atoms with Gasteiger partial charge >= 0.3 is 29.6 Å². The monoisotopic (exact) mass is 302 g/mol. The third-order valence-electron chi connectivity index (χ3n) is 1.89. The number of hydrogen-bond donors (Lipinski definition) is 3. The van der Waals surface area contributed by atoms with Crippen molar-refractivity contribution < 1.29 is 0 Å². The normalized spacial score (nSPS) is 9.32. The van der Waals surface area contributed by atoms with Gasteiger partial charge in [0.15, 0.2) is 0 Å². The molecule has 3 aromatic rings. The molecule has 94 valence electrons. The fourth-order valence-corrected chi connectivity index (χ4v) is 2.29. The quantitative estimate of drug-likeness (QED) is 0.422. The summed E-state index contributed by atoms with van der Waals surface area (Å²) in [5, 5.41) is 0. The van der Waals surface area contributed by atoms with E-state index in [1.807, 2.05) is 24.3 Å². The topological polar surface area (TPSA) is 104 Å². The van der Waals surface area contributed by atoms with Gasteiger partial charge in [-0.3, -0.25) is 0 Å². The molecule has 6 nitrogen and oxygen atoms in total. The van der Waals surface area contributed by atoms with Gasteiger partial charge < -0.3 is 11.5 Å². The number of benzene rings is 1. The van der Waals surface area contributed by atoms with Crippen LogP contribution in [-0.4, -0.2) is 49.5 Å². The van der Waals surface area contributed by atoms with E-state index >= 15 is 0 Å². The summed E-state index contributed by atoms with van der Waals surface area (Å²) >= 11 is 5.76. The number of para-hydroxylation sites is 1. The molecular formula is C10H11N6NaS2. The van der Waals surface area contributed by atoms with E-state index in [-0.39, 0.29) is 41.5 Å². The molecule has 19 heavy (non-hydrogen) atoms. The molecule has 2 heterocycles. The summed E-state index contributed by atoms with van der Waals surface area (Å²) in [6, 6.07) is 8.03. The van der Waals surface area contributed by atoms with E-state index in [0.717, 1.165) is 9.86 Å². The molecule has 0 atom stereocenters. The van der Waals surface area contributed by atoms with Crippen LogP contribution in [0.15, 0.2) is 34.9 Å². The molecule has 0 spiro atoms. The Labute approximate surface area is 141 Å². The van der Waals surface area contributed by atoms with Crippen LogP contribution in [0.4, 0.5) is 11.9 Å². The molecule has 2 aromatic heterocycles. The molecule has 3 rings (SSSR count). The zero-order valence-electron chi connectivity index (χ0n) is 9.19. The van der Waals surface area contributed by atoms with Crippen molar-refractivity contribution in [1.82, 2.24) is 19.9 Å². The van der Waals surface area contributed by atoms with E-state index in [9.17, 15) is 0 Å². The Morgan fingerprint density at radius 2 is 1.63 bits per heavy atom. The van der Waals surface area contributed by atoms with E-state index in [2.05, 4.69) is 32.6 Å². The predicted molar refractivity (Wildman–Crippen MR) is 82.7 cm³/mol. The number of thiol groups is 1. The molecule has 0 unspecified atom stereocenters. The molecule has 0 radical (unpaired) electrons. The molecule has 0 fully saturated rings. The van der Waals surface area contributed by atoms with Crippen LogP contribution in [0.25, 0.3) is 10.2 Å². The van der Waals surface area contributed by atoms with Crippen molar-refractivity contribution in [2.75, 3.05) is 11.5 Å². The van der Waals surface area contributed by atoms with Gasteiger partial charge in [-0.1, -0.05) is 12.1 Å². The van der Waals surface area contributed by atoms with Gasteiger partial charge in [-0.15, -0.1) is 24.0 Å². The summed E-state index contributed by atoms with van der Waals surface area (Å²) in [5.41, 5.74) is 11.3. The summed E-state index contributed by atoms with van der Waals surface area (Å²) in [5.74, 6) is 0.301. The van der Waals surface area contributed by atoms with Crippen molar-refractivity contribution in [1.29, 1.82) is 0 Å². The number of rotatable bonds is 0. The Kier molecular flexibility index (Phi) is 6.46. The second kappa shape index (κ2) is 7.61. The summed E-state index contributed by atoms with van der Waals surface area (Å²) < 4.78 is 2.04. The number of nitrogens with two attached hydrogens (primary N) is 2. The van der Waals surface area contributed by atoms with Crippen LogP contribution in [0.5, 0.6) is 0 Å². The second-order valence-electron chi connectivity index (χ2n) is 3.17. The first-order chi connectivity index (χ1) is 8.65. The Morgan fingerprint density at radius 3 is 2.16 bits per heavy atom. The molecule has 0 aliphatic heterocycles. The van der Waals surface area contributed by atoms with Gasteiger partial charge in [0.05, 0.1) is 10.2 Å². The van der Waals surface area contributed by atoms with E-state index in [4.69, 9.17) is 11.5 Å². The number of anilines is 2. The molecule has 0 saturated heterocycles. The maximum absolute atomic E-state index is 5.12. The van der Waals surface area contributed by atoms with Crippen LogP contribution < -0.4 is 11.5 Å². The van der Waals surface area contributed by atoms with Crippen LogP contribution in [0.3, 0.4) is 0 Å². The Morgan fingerprint density at radius 1 is 1.00 bits per heavy atom. The summed E-state index contributed by atoms with van der Waals surface area (Å²) in [6.45, 7) is 0. The molecule has 4 N–H and O–H groups in total. The Bertz CT molecular complexity index is 609. The van der Waals surface area contributed by atoms with Crippen molar-refractivity contribution in [3.05, 3.63) is 30.6 Å². The SMILES string of the molecule is Nc1ncnc(N)n1.Sc1nc2ccccc2s1.[NaH]. The van der Waals surface area contributed by atoms with Crippen LogP contribution in [0.2, 0.25) is 0 Å². The van der Waals surface area contributed by atoms with Crippen molar-refractivity contribution >= 4 is 75.6 Å². The van der Waals surface area contributed by atoms with Gasteiger partial charge in [-0.2, -0.15) is 4.98 Å². The second-order valence-corrected chi connectivity index (χ2v) is 4.92. The van der Waals surface area contributed by atoms with Crippen LogP contribution in [0.1, 0.15) is 0 Å². The van der Waals surface area contributed by atoms with Gasteiger partial charge in [0.25, 0.3) is 0 Å². The summed E-state index contributed by atoms with van der Waals surface area (Å²) in [7, 11) is 0. The zero-order chi connectivity index (χ0) is 13.0. The van der Waals surface area contributed by atoms with Crippen molar-refractivity contribution in [3.8, 4) is 0 Å². The zero-order valence-corrected chi connectivity index (χ0v) is 10.9. The third kappa shape index (κ3) is 4.92. The van der Waals surface area contributed by atoms with E-state index in [0.29, 0.717) is 0 Å². The van der Waals surface area contributed by atoms with Gasteiger partial charge in [0.2, 0.25) is 11.9 Å². The third-order valence-corrected chi connectivity index (χ3v) is 3.10. The molecular weight excluding hydrogens is 291 g/mol. The van der Waals surface area contributed by atoms with Crippen LogP contribution in [-0.2, 0) is 0 Å². The molecule has 0 bridgehead atoms. The Hall–Kier alpha value is -0.930. The molecule has 0 aliphatic rings. The first kappa shape index (κ1) is 16.1. The molecule has 1 aromatic carbocycles. The molecule has 0 aliphatic carbocycles. The minimum atomic E-state index is 0. The van der Waals surface area contributed by atoms with Crippen LogP contribution >= 0.6 is 24.0 Å². The average Bonchev–Trinajstić information content (AvgIpc) is 2.69. The molecule has 9 heteroatoms. The van der Waals surface area contributed by atoms with Crippen molar-refractivity contribution in [3.63, 3.8) is 0 Å². The van der Waals surface area contributed by atoms with Gasteiger partial charge in [-0.25, -0.2) is 15.0 Å². The number of nitrogens with zero attached hydrogens (tertiary/aromatic N) is 4. The first-order valence-electron chi connectivity index (χ1n) is 4.89. The standard InChI is InChI=1S/C7H5NS2.C3H5N5.Na.H/c9-7-8-5-3-1-2-4-6(5)10-7;4-2-6-1-7-3(5)8-2;;/h1-4H,(H,8,9);1H,(H4,4,5,6,7,8);;. The number of nitrogen functional groups attached to an aromatic ring is 2. The van der Waals surface area contributed by atoms with E-state index in [1.165, 1.54) is 11.0 Å². The van der Waals surface area contributed by atoms with Crippen molar-refractivity contribution in [2.24, 2.45) is 0 Å². The average molecular weight is 302 g/mol. The number of hydrogen-bond acceptors (Lipinski definition) is 8. The summed E-state index contributed by atoms with van der Waals surface area (Å²) in [6.07, 6.45) is 1.26. The van der Waals surface area contributed by atoms with Crippen molar-refractivity contribution in [2.45, 2.75) is 4.34 Å². The van der Waals surface area contributed by atoms with Gasteiger partial charge in [0, 0.05) is 0 Å². The van der Waals surface area contributed by atoms with E-state index in [1.54, 1.807) is 11.3 Å². The fourth-order valence-electron chi connectivity index (χ4n) is 1.18. The number of fused-ring (bicyclic) bond motifs is 1. The Balaban J connectivity index is 0.000000185. The van der Waals surface area contributed by atoms with Crippen LogP contribution in [0, 0.1) is 0 Å². The summed E-state index contributed by atoms with van der Waals surface area (Å²) in [4.78, 5) is 14.7. The maximum atomic E-state index is 5.12.